The van der Waals surface area contributed by atoms with Gasteiger partial charge in [0.15, 0.2) is 0 Å². The van der Waals surface area contributed by atoms with Crippen LogP contribution in [0.1, 0.15) is 15.9 Å². The number of aliphatic hydroxyl groups is 1. The van der Waals surface area contributed by atoms with Crippen molar-refractivity contribution in [2.24, 2.45) is 0 Å². The molecule has 1 atom stereocenters. The molecule has 3 rings (SSSR count). The van der Waals surface area contributed by atoms with Crippen LogP contribution in [0.4, 0.5) is 10.1 Å². The number of amides is 2. The molecule has 2 amide bonds. The third-order valence-electron chi connectivity index (χ3n) is 3.71. The van der Waals surface area contributed by atoms with Gasteiger partial charge in [0.05, 0.1) is 5.69 Å². The first kappa shape index (κ1) is 15.9. The lowest BCUT2D eigenvalue weighted by Crippen LogP contribution is -2.57. The number of hydrogen-bond donors (Lipinski definition) is 1. The first-order valence-electron chi connectivity index (χ1n) is 6.62. The van der Waals surface area contributed by atoms with Crippen molar-refractivity contribution in [1.82, 2.24) is 0 Å². The van der Waals surface area contributed by atoms with E-state index in [1.54, 1.807) is 12.1 Å². The number of nitrogens with zero attached hydrogens (tertiary/aromatic N) is 1. The zero-order chi connectivity index (χ0) is 16.8. The van der Waals surface area contributed by atoms with Gasteiger partial charge in [0, 0.05) is 11.1 Å². The van der Waals surface area contributed by atoms with Crippen LogP contribution in [0.3, 0.4) is 0 Å². The van der Waals surface area contributed by atoms with Crippen molar-refractivity contribution in [3.05, 3.63) is 65.5 Å². The molecule has 0 aliphatic carbocycles. The summed E-state index contributed by atoms with van der Waals surface area (Å²) in [4.78, 5) is 24.4. The number of fused-ring (bicyclic) bond motifs is 1. The van der Waals surface area contributed by atoms with Crippen LogP contribution in [0.15, 0.2) is 48.5 Å². The minimum atomic E-state index is -2.35. The fraction of sp³-hybridized carbons (Fsp3) is 0.125. The average molecular weight is 354 g/mol. The van der Waals surface area contributed by atoms with Crippen LogP contribution in [0.5, 0.6) is 0 Å². The predicted octanol–water partition coefficient (Wildman–Crippen LogP) is 3.00. The number of benzene rings is 2. The fourth-order valence-electron chi connectivity index (χ4n) is 2.56. The van der Waals surface area contributed by atoms with Crippen LogP contribution in [0.2, 0.25) is 0 Å². The van der Waals surface area contributed by atoms with E-state index in [-0.39, 0.29) is 16.8 Å². The van der Waals surface area contributed by atoms with Gasteiger partial charge in [0.25, 0.3) is 11.8 Å². The Labute approximate surface area is 141 Å². The van der Waals surface area contributed by atoms with Crippen LogP contribution in [-0.4, -0.2) is 21.8 Å². The lowest BCUT2D eigenvalue weighted by Gasteiger charge is -2.38. The van der Waals surface area contributed by atoms with Crippen molar-refractivity contribution >= 4 is 40.7 Å². The molecular formula is C16H10Cl2FNO3. The van der Waals surface area contributed by atoms with Gasteiger partial charge in [-0.25, -0.2) is 9.29 Å². The maximum absolute atomic E-state index is 14.1. The van der Waals surface area contributed by atoms with Crippen molar-refractivity contribution in [1.29, 1.82) is 0 Å². The quantitative estimate of drug-likeness (QED) is 0.666. The summed E-state index contributed by atoms with van der Waals surface area (Å²) in [5.41, 5.74) is -2.60. The number of carbonyl (C=O) groups is 2. The molecule has 4 nitrogen and oxygen atoms in total. The zero-order valence-corrected chi connectivity index (χ0v) is 13.1. The van der Waals surface area contributed by atoms with E-state index < -0.39 is 28.1 Å². The van der Waals surface area contributed by atoms with E-state index >= 15 is 0 Å². The standard InChI is InChI=1S/C16H10Cl2FNO3/c17-14(18)16(23)10-6-2-1-5-9(10)13(21)20(15(16)22)12-8-4-3-7-11(12)19/h1-8,14,23H. The molecule has 118 valence electrons. The molecule has 0 fully saturated rings. The molecule has 1 aliphatic heterocycles. The third kappa shape index (κ3) is 2.24. The summed E-state index contributed by atoms with van der Waals surface area (Å²) in [6, 6.07) is 11.2. The number of halogens is 3. The molecule has 1 heterocycles. The van der Waals surface area contributed by atoms with Crippen molar-refractivity contribution in [3.63, 3.8) is 0 Å². The molecule has 23 heavy (non-hydrogen) atoms. The van der Waals surface area contributed by atoms with Gasteiger partial charge in [0.1, 0.15) is 10.7 Å². The predicted molar refractivity (Wildman–Crippen MR) is 84.0 cm³/mol. The first-order valence-corrected chi connectivity index (χ1v) is 7.49. The molecule has 0 bridgehead atoms. The molecule has 7 heteroatoms. The Hall–Kier alpha value is -1.95. The number of carbonyl (C=O) groups excluding carboxylic acids is 2. The average Bonchev–Trinajstić information content (AvgIpc) is 2.54. The number of rotatable bonds is 2. The molecular weight excluding hydrogens is 344 g/mol. The molecule has 1 N–H and O–H groups in total. The van der Waals surface area contributed by atoms with Crippen molar-refractivity contribution < 1.29 is 19.1 Å². The van der Waals surface area contributed by atoms with Gasteiger partial charge in [-0.2, -0.15) is 0 Å². The van der Waals surface area contributed by atoms with Crippen molar-refractivity contribution in [2.45, 2.75) is 10.4 Å². The Morgan fingerprint density at radius 1 is 1.04 bits per heavy atom. The van der Waals surface area contributed by atoms with Gasteiger partial charge in [-0.3, -0.25) is 9.59 Å². The molecule has 0 aromatic heterocycles. The van der Waals surface area contributed by atoms with E-state index in [9.17, 15) is 19.1 Å². The Morgan fingerprint density at radius 3 is 2.30 bits per heavy atom. The highest BCUT2D eigenvalue weighted by Gasteiger charge is 2.54. The Kier molecular flexibility index (Phi) is 3.88. The van der Waals surface area contributed by atoms with E-state index in [1.807, 2.05) is 0 Å². The maximum Gasteiger partial charge on any atom is 0.273 e. The summed E-state index contributed by atoms with van der Waals surface area (Å²) in [6.45, 7) is 0. The van der Waals surface area contributed by atoms with E-state index in [4.69, 9.17) is 23.2 Å². The number of hydrogen-bond acceptors (Lipinski definition) is 3. The number of imide groups is 1. The number of alkyl halides is 2. The van der Waals surface area contributed by atoms with Gasteiger partial charge in [0.2, 0.25) is 5.60 Å². The molecule has 1 aliphatic rings. The lowest BCUT2D eigenvalue weighted by molar-refractivity contribution is -0.136. The minimum absolute atomic E-state index is 0.00223. The summed E-state index contributed by atoms with van der Waals surface area (Å²) >= 11 is 11.6. The highest BCUT2D eigenvalue weighted by molar-refractivity contribution is 6.47. The zero-order valence-electron chi connectivity index (χ0n) is 11.5. The lowest BCUT2D eigenvalue weighted by atomic mass is 9.85. The van der Waals surface area contributed by atoms with E-state index in [0.717, 1.165) is 6.07 Å². The Balaban J connectivity index is 2.28. The maximum atomic E-state index is 14.1. The molecule has 2 aromatic rings. The van der Waals surface area contributed by atoms with Gasteiger partial charge in [-0.1, -0.05) is 30.3 Å². The smallest absolute Gasteiger partial charge is 0.273 e. The third-order valence-corrected chi connectivity index (χ3v) is 4.34. The van der Waals surface area contributed by atoms with Crippen LogP contribution >= 0.6 is 23.2 Å². The van der Waals surface area contributed by atoms with Crippen LogP contribution < -0.4 is 4.90 Å². The van der Waals surface area contributed by atoms with Gasteiger partial charge < -0.3 is 5.11 Å². The molecule has 0 spiro atoms. The largest absolute Gasteiger partial charge is 0.373 e. The van der Waals surface area contributed by atoms with Crippen molar-refractivity contribution in [2.75, 3.05) is 4.90 Å². The normalized spacial score (nSPS) is 20.8. The number of para-hydroxylation sites is 1. The summed E-state index contributed by atoms with van der Waals surface area (Å²) < 4.78 is 14.1. The van der Waals surface area contributed by atoms with E-state index in [0.29, 0.717) is 4.90 Å². The van der Waals surface area contributed by atoms with Gasteiger partial charge in [-0.15, -0.1) is 23.2 Å². The molecule has 0 saturated heterocycles. The minimum Gasteiger partial charge on any atom is -0.373 e. The highest BCUT2D eigenvalue weighted by Crippen LogP contribution is 2.41. The summed E-state index contributed by atoms with van der Waals surface area (Å²) in [6.07, 6.45) is 0. The molecule has 1 unspecified atom stereocenters. The molecule has 2 aromatic carbocycles. The molecule has 0 radical (unpaired) electrons. The fourth-order valence-corrected chi connectivity index (χ4v) is 2.98. The Bertz CT molecular complexity index is 811. The van der Waals surface area contributed by atoms with E-state index in [2.05, 4.69) is 0 Å². The summed E-state index contributed by atoms with van der Waals surface area (Å²) in [5.74, 6) is -2.63. The Morgan fingerprint density at radius 2 is 1.65 bits per heavy atom. The highest BCUT2D eigenvalue weighted by atomic mass is 35.5. The summed E-state index contributed by atoms with van der Waals surface area (Å²) in [5, 5.41) is 10.8. The summed E-state index contributed by atoms with van der Waals surface area (Å²) in [7, 11) is 0. The second-order valence-electron chi connectivity index (χ2n) is 5.01. The SMILES string of the molecule is O=C1c2ccccc2C(O)(C(Cl)Cl)C(=O)N1c1ccccc1F. The van der Waals surface area contributed by atoms with E-state index in [1.165, 1.54) is 30.3 Å². The first-order chi connectivity index (χ1) is 10.9. The monoisotopic (exact) mass is 353 g/mol. The second-order valence-corrected chi connectivity index (χ2v) is 6.11. The van der Waals surface area contributed by atoms with Crippen molar-refractivity contribution in [3.8, 4) is 0 Å². The van der Waals surface area contributed by atoms with Gasteiger partial charge in [-0.05, 0) is 18.2 Å². The topological polar surface area (TPSA) is 57.6 Å². The van der Waals surface area contributed by atoms with Gasteiger partial charge >= 0.3 is 0 Å². The van der Waals surface area contributed by atoms with Crippen LogP contribution in [0, 0.1) is 5.82 Å². The second kappa shape index (κ2) is 5.60. The molecule has 0 saturated carbocycles. The number of anilines is 1. The van der Waals surface area contributed by atoms with Crippen LogP contribution in [0.25, 0.3) is 0 Å². The van der Waals surface area contributed by atoms with Crippen LogP contribution in [-0.2, 0) is 10.4 Å².